The average molecular weight is 902 g/mol. The summed E-state index contributed by atoms with van der Waals surface area (Å²) in [7, 11) is 0.938. The molecule has 0 radical (unpaired) electrons. The number of aromatic nitrogens is 3. The van der Waals surface area contributed by atoms with Crippen molar-refractivity contribution < 1.29 is 54.9 Å². The minimum absolute atomic E-state index is 0.0303. The maximum atomic E-state index is 15.1. The predicted molar refractivity (Wildman–Crippen MR) is 222 cm³/mol. The number of aliphatic hydroxyl groups excluding tert-OH is 1. The molecular weight excluding hydrogens is 852 g/mol. The Hall–Kier alpha value is -5.55. The number of hydrogen-bond donors (Lipinski definition) is 3. The summed E-state index contributed by atoms with van der Waals surface area (Å²) in [5.74, 6) is 2.91. The number of ketones is 1. The van der Waals surface area contributed by atoms with Crippen LogP contribution in [-0.4, -0.2) is 114 Å². The van der Waals surface area contributed by atoms with E-state index in [1.165, 1.54) is 0 Å². The summed E-state index contributed by atoms with van der Waals surface area (Å²) in [4.78, 5) is 35.2. The number of carbonyl (C=O) groups excluding carboxylic acids is 2. The van der Waals surface area contributed by atoms with Gasteiger partial charge in [-0.15, -0.1) is 0 Å². The smallest absolute Gasteiger partial charge is 0.407 e. The highest BCUT2D eigenvalue weighted by molar-refractivity contribution is 5.88. The first kappa shape index (κ1) is 47.9. The summed E-state index contributed by atoms with van der Waals surface area (Å²) in [5.41, 5.74) is -1.27. The summed E-state index contributed by atoms with van der Waals surface area (Å²) in [5, 5.41) is 19.7. The number of anilines is 1. The first-order chi connectivity index (χ1) is 30.4. The Morgan fingerprint density at radius 2 is 1.64 bits per heavy atom. The van der Waals surface area contributed by atoms with Crippen LogP contribution in [0.5, 0.6) is 0 Å². The molecule has 2 aliphatic rings. The molecule has 1 amide bonds. The number of nitrogens with zero attached hydrogens (tertiary/aromatic N) is 5. The average Bonchev–Trinajstić information content (AvgIpc) is 4.00. The number of nitrogens with one attached hydrogen (secondary N) is 2. The summed E-state index contributed by atoms with van der Waals surface area (Å²) in [6.45, 7) is 2.93. The molecule has 4 atom stereocenters. The van der Waals surface area contributed by atoms with E-state index in [1.807, 2.05) is 17.4 Å². The number of hydrogen-bond acceptors (Lipinski definition) is 10. The van der Waals surface area contributed by atoms with E-state index in [-0.39, 0.29) is 24.1 Å². The predicted octanol–water partition coefficient (Wildman–Crippen LogP) is 6.51. The third kappa shape index (κ3) is 12.0. The quantitative estimate of drug-likeness (QED) is 0.0845. The summed E-state index contributed by atoms with van der Waals surface area (Å²) >= 11 is 0. The molecule has 4 aromatic rings. The number of benzene rings is 2. The maximum absolute atomic E-state index is 15.1. The number of alkyl halides is 5. The molecule has 64 heavy (non-hydrogen) atoms. The van der Waals surface area contributed by atoms with E-state index in [0.717, 1.165) is 97.1 Å². The van der Waals surface area contributed by atoms with Crippen LogP contribution in [0.4, 0.5) is 41.3 Å². The SMILES string of the molecule is COC(=O)N[C@H](C(=O)C[C@@H](Cc1ccc(C#Cc2ccc(N3CCN(C4CCOC4)CC3)nc2)cc1)[C@@H](O)CNCc1c(F)cc(-c2cnn(C(F)F)c2)cc1F)C(C)(C)C(F)(F)F. The molecule has 12 nitrogen and oxygen atoms in total. The minimum atomic E-state index is -4.94. The van der Waals surface area contributed by atoms with Crippen LogP contribution in [0.25, 0.3) is 11.1 Å². The molecule has 2 aromatic heterocycles. The van der Waals surface area contributed by atoms with Crippen molar-refractivity contribution in [1.29, 1.82) is 0 Å². The molecule has 2 saturated heterocycles. The lowest BCUT2D eigenvalue weighted by atomic mass is 9.77. The second-order valence-electron chi connectivity index (χ2n) is 16.4. The highest BCUT2D eigenvalue weighted by Crippen LogP contribution is 2.41. The number of Topliss-reactive ketones (excluding diaryl/α,β-unsaturated/α-hetero) is 1. The number of ether oxygens (including phenoxy) is 2. The lowest BCUT2D eigenvalue weighted by molar-refractivity contribution is -0.220. The van der Waals surface area contributed by atoms with E-state index in [1.54, 1.807) is 30.5 Å². The number of halogens is 7. The molecule has 1 unspecified atom stereocenters. The van der Waals surface area contributed by atoms with Crippen molar-refractivity contribution >= 4 is 17.7 Å². The van der Waals surface area contributed by atoms with Crippen molar-refractivity contribution in [2.75, 3.05) is 57.9 Å². The number of alkyl carbamates (subject to hydrolysis) is 1. The highest BCUT2D eigenvalue weighted by Gasteiger charge is 2.55. The van der Waals surface area contributed by atoms with Crippen molar-refractivity contribution in [3.8, 4) is 23.0 Å². The fraction of sp³-hybridized carbons (Fsp3) is 0.467. The van der Waals surface area contributed by atoms with Crippen molar-refractivity contribution in [2.24, 2.45) is 11.3 Å². The molecule has 2 fully saturated rings. The Morgan fingerprint density at radius 3 is 2.22 bits per heavy atom. The zero-order valence-corrected chi connectivity index (χ0v) is 35.5. The number of aliphatic hydroxyl groups is 1. The molecule has 4 heterocycles. The zero-order valence-electron chi connectivity index (χ0n) is 35.5. The van der Waals surface area contributed by atoms with Crippen LogP contribution >= 0.6 is 0 Å². The van der Waals surface area contributed by atoms with Crippen LogP contribution < -0.4 is 15.5 Å². The fourth-order valence-corrected chi connectivity index (χ4v) is 7.71. The first-order valence-electron chi connectivity index (χ1n) is 20.7. The van der Waals surface area contributed by atoms with Crippen LogP contribution in [0.15, 0.2) is 67.1 Å². The van der Waals surface area contributed by atoms with E-state index in [9.17, 15) is 36.6 Å². The Kier molecular flexibility index (Phi) is 15.7. The largest absolute Gasteiger partial charge is 0.453 e. The van der Waals surface area contributed by atoms with E-state index in [4.69, 9.17) is 4.74 Å². The van der Waals surface area contributed by atoms with Gasteiger partial charge >= 0.3 is 18.8 Å². The lowest BCUT2D eigenvalue weighted by Gasteiger charge is -2.38. The van der Waals surface area contributed by atoms with Crippen LogP contribution in [0.3, 0.4) is 0 Å². The van der Waals surface area contributed by atoms with Gasteiger partial charge in [0, 0.05) is 93.0 Å². The third-order valence-corrected chi connectivity index (χ3v) is 11.8. The molecule has 2 aromatic carbocycles. The standard InChI is InChI=1S/C45H50F7N7O5/c1-44(2,45(50,51)52)41(56-43(62)63-3)38(60)21-32(39(61)25-53-24-35-36(46)19-31(20-37(35)47)33-23-55-59(26-33)42(48)49)18-29-7-4-28(5-8-29)6-9-30-10-11-40(54-22-30)58-15-13-57(14-16-58)34-12-17-64-27-34/h4-5,7-8,10-11,19-20,22-23,26,32,34,39,41-42,53,61H,12-18,21,24-25,27H2,1-3H3,(H,56,62)/t32-,34?,39+,41-/m1/s1. The Balaban J connectivity index is 1.13. The number of pyridine rings is 1. The van der Waals surface area contributed by atoms with Crippen LogP contribution in [-0.2, 0) is 27.2 Å². The molecule has 19 heteroatoms. The van der Waals surface area contributed by atoms with Gasteiger partial charge in [0.25, 0.3) is 0 Å². The molecular formula is C45H50F7N7O5. The van der Waals surface area contributed by atoms with Gasteiger partial charge in [0.1, 0.15) is 23.5 Å². The van der Waals surface area contributed by atoms with E-state index >= 15 is 8.78 Å². The Bertz CT molecular complexity index is 2240. The van der Waals surface area contributed by atoms with Gasteiger partial charge in [-0.25, -0.2) is 23.2 Å². The number of piperazine rings is 1. The molecule has 0 spiro atoms. The summed E-state index contributed by atoms with van der Waals surface area (Å²) in [6, 6.07) is 10.9. The van der Waals surface area contributed by atoms with Crippen molar-refractivity contribution in [1.82, 2.24) is 30.3 Å². The normalized spacial score (nSPS) is 17.4. The van der Waals surface area contributed by atoms with Crippen molar-refractivity contribution in [2.45, 2.75) is 70.6 Å². The topological polar surface area (TPSA) is 134 Å². The number of carbonyl (C=O) groups is 2. The summed E-state index contributed by atoms with van der Waals surface area (Å²) in [6.07, 6.45) is -3.60. The third-order valence-electron chi connectivity index (χ3n) is 11.8. The molecule has 0 saturated carbocycles. The maximum Gasteiger partial charge on any atom is 0.407 e. The first-order valence-corrected chi connectivity index (χ1v) is 20.7. The van der Waals surface area contributed by atoms with Gasteiger partial charge < -0.3 is 30.1 Å². The molecule has 0 aliphatic carbocycles. The van der Waals surface area contributed by atoms with Gasteiger partial charge in [-0.05, 0) is 80.1 Å². The lowest BCUT2D eigenvalue weighted by Crippen LogP contribution is -2.56. The molecule has 2 aliphatic heterocycles. The monoisotopic (exact) mass is 901 g/mol. The van der Waals surface area contributed by atoms with Gasteiger partial charge in [0.15, 0.2) is 5.78 Å². The van der Waals surface area contributed by atoms with E-state index < -0.39 is 78.2 Å². The van der Waals surface area contributed by atoms with Gasteiger partial charge in [-0.3, -0.25) is 9.69 Å². The van der Waals surface area contributed by atoms with Crippen LogP contribution in [0.1, 0.15) is 55.5 Å². The van der Waals surface area contributed by atoms with Gasteiger partial charge in [-0.1, -0.05) is 24.0 Å². The fourth-order valence-electron chi connectivity index (χ4n) is 7.71. The van der Waals surface area contributed by atoms with E-state index in [0.29, 0.717) is 27.4 Å². The van der Waals surface area contributed by atoms with Crippen LogP contribution in [0, 0.1) is 34.8 Å². The second kappa shape index (κ2) is 21.0. The molecule has 6 rings (SSSR count). The zero-order chi connectivity index (χ0) is 46.2. The van der Waals surface area contributed by atoms with Gasteiger partial charge in [-0.2, -0.15) is 27.1 Å². The van der Waals surface area contributed by atoms with Gasteiger partial charge in [0.05, 0.1) is 31.4 Å². The molecule has 3 N–H and O–H groups in total. The Labute approximate surface area is 366 Å². The van der Waals surface area contributed by atoms with E-state index in [2.05, 4.69) is 41.8 Å². The number of amides is 1. The summed E-state index contributed by atoms with van der Waals surface area (Å²) < 4.78 is 109. The van der Waals surface area contributed by atoms with Crippen molar-refractivity contribution in [3.63, 3.8) is 0 Å². The number of rotatable bonds is 16. The van der Waals surface area contributed by atoms with Crippen LogP contribution in [0.2, 0.25) is 0 Å². The number of methoxy groups -OCH3 is 1. The van der Waals surface area contributed by atoms with Gasteiger partial charge in [0.2, 0.25) is 0 Å². The second-order valence-corrected chi connectivity index (χ2v) is 16.4. The minimum Gasteiger partial charge on any atom is -0.453 e. The molecule has 0 bridgehead atoms. The highest BCUT2D eigenvalue weighted by atomic mass is 19.4. The van der Waals surface area contributed by atoms with Crippen molar-refractivity contribution in [3.05, 3.63) is 101 Å². The Morgan fingerprint density at radius 1 is 0.969 bits per heavy atom. The molecule has 344 valence electrons.